The van der Waals surface area contributed by atoms with Crippen LogP contribution in [-0.2, 0) is 44.7 Å². The first-order chi connectivity index (χ1) is 27.1. The summed E-state index contributed by atoms with van der Waals surface area (Å²) in [5.41, 5.74) is 0.901. The molecule has 0 spiro atoms. The van der Waals surface area contributed by atoms with Crippen molar-refractivity contribution in [2.75, 3.05) is 48.0 Å². The highest BCUT2D eigenvalue weighted by molar-refractivity contribution is 6.00. The Kier molecular flexibility index (Phi) is 19.5. The number of amides is 5. The number of carbonyl (C=O) groups excluding carboxylic acids is 5. The lowest BCUT2D eigenvalue weighted by molar-refractivity contribution is -0.199. The van der Waals surface area contributed by atoms with E-state index in [0.717, 1.165) is 31.2 Å². The number of hydrogen-bond acceptors (Lipinski definition) is 11. The van der Waals surface area contributed by atoms with Crippen LogP contribution in [0, 0.1) is 17.8 Å². The number of imide groups is 1. The zero-order valence-corrected chi connectivity index (χ0v) is 35.9. The Labute approximate surface area is 339 Å². The number of rotatable bonds is 21. The molecule has 322 valence electrons. The second kappa shape index (κ2) is 23.2. The number of aliphatic hydroxyl groups is 1. The molecule has 2 fully saturated rings. The number of benzene rings is 1. The first-order valence-corrected chi connectivity index (χ1v) is 20.7. The van der Waals surface area contributed by atoms with Gasteiger partial charge in [-0.2, -0.15) is 0 Å². The van der Waals surface area contributed by atoms with E-state index >= 15 is 0 Å². The summed E-state index contributed by atoms with van der Waals surface area (Å²) in [7, 11) is 6.46. The molecule has 0 radical (unpaired) electrons. The van der Waals surface area contributed by atoms with Gasteiger partial charge in [0.05, 0.1) is 49.3 Å². The number of nitrogens with zero attached hydrogens (tertiary/aromatic N) is 3. The highest BCUT2D eigenvalue weighted by atomic mass is 16.7. The van der Waals surface area contributed by atoms with Crippen molar-refractivity contribution in [3.05, 3.63) is 35.9 Å². The van der Waals surface area contributed by atoms with Gasteiger partial charge in [0.2, 0.25) is 23.6 Å². The van der Waals surface area contributed by atoms with Crippen molar-refractivity contribution >= 4 is 29.5 Å². The van der Waals surface area contributed by atoms with E-state index in [-0.39, 0.29) is 42.0 Å². The van der Waals surface area contributed by atoms with Crippen molar-refractivity contribution in [3.8, 4) is 0 Å². The third-order valence-corrected chi connectivity index (χ3v) is 11.7. The maximum atomic E-state index is 14.3. The molecular formula is C42H70N6O9. The molecule has 0 aromatic heterocycles. The van der Waals surface area contributed by atoms with Gasteiger partial charge in [0.15, 0.2) is 0 Å². The van der Waals surface area contributed by atoms with Crippen LogP contribution in [0.25, 0.3) is 0 Å². The number of nitrogens with one attached hydrogen (secondary N) is 3. The molecule has 2 aliphatic rings. The third kappa shape index (κ3) is 12.8. The van der Waals surface area contributed by atoms with Crippen LogP contribution in [0.3, 0.4) is 0 Å². The highest BCUT2D eigenvalue weighted by Gasteiger charge is 2.44. The molecule has 0 unspecified atom stereocenters. The fourth-order valence-electron chi connectivity index (χ4n) is 8.50. The Balaban J connectivity index is 1.80. The zero-order chi connectivity index (χ0) is 42.4. The second-order valence-corrected chi connectivity index (χ2v) is 16.1. The van der Waals surface area contributed by atoms with Crippen molar-refractivity contribution in [2.24, 2.45) is 17.8 Å². The first kappa shape index (κ1) is 47.9. The van der Waals surface area contributed by atoms with Crippen LogP contribution in [0.4, 0.5) is 0 Å². The SMILES string of the molecule is CC[C@H](C)[C@@H]([C@@H](CC(=O)N1CCC[C@H]1[C@H](OC)[C@@H](C)C(=O)N[C@@H](Cc1ccccc1)C(=O)N1CCCCO1)OC)N(C)[C@H](C(=O)NC(=O)[C@@H](NC)[C@@H](C)O)C(C)C. The Bertz CT molecular complexity index is 1440. The minimum absolute atomic E-state index is 0.00767. The largest absolute Gasteiger partial charge is 0.391 e. The number of methoxy groups -OCH3 is 2. The van der Waals surface area contributed by atoms with E-state index in [1.54, 1.807) is 26.0 Å². The topological polar surface area (TPSA) is 179 Å². The van der Waals surface area contributed by atoms with Crippen LogP contribution in [0.5, 0.6) is 0 Å². The number of hydroxylamine groups is 2. The number of aliphatic hydroxyl groups excluding tert-OH is 1. The normalized spacial score (nSPS) is 20.9. The maximum Gasteiger partial charge on any atom is 0.269 e. The van der Waals surface area contributed by atoms with Gasteiger partial charge in [-0.15, -0.1) is 0 Å². The molecule has 0 bridgehead atoms. The smallest absolute Gasteiger partial charge is 0.269 e. The lowest BCUT2D eigenvalue weighted by atomic mass is 9.87. The molecule has 2 aliphatic heterocycles. The lowest BCUT2D eigenvalue weighted by Gasteiger charge is -2.43. The summed E-state index contributed by atoms with van der Waals surface area (Å²) in [5, 5.41) is 19.7. The van der Waals surface area contributed by atoms with Gasteiger partial charge >= 0.3 is 0 Å². The Hall–Kier alpha value is -3.47. The predicted octanol–water partition coefficient (Wildman–Crippen LogP) is 2.30. The van der Waals surface area contributed by atoms with Crippen LogP contribution in [0.15, 0.2) is 30.3 Å². The van der Waals surface area contributed by atoms with Crippen LogP contribution < -0.4 is 16.0 Å². The van der Waals surface area contributed by atoms with E-state index < -0.39 is 60.2 Å². The van der Waals surface area contributed by atoms with Crippen molar-refractivity contribution in [3.63, 3.8) is 0 Å². The molecule has 4 N–H and O–H groups in total. The molecule has 1 aromatic carbocycles. The molecule has 2 heterocycles. The fraction of sp³-hybridized carbons (Fsp3) is 0.738. The fourth-order valence-corrected chi connectivity index (χ4v) is 8.50. The Morgan fingerprint density at radius 2 is 1.63 bits per heavy atom. The van der Waals surface area contributed by atoms with E-state index in [9.17, 15) is 29.1 Å². The average molecular weight is 803 g/mol. The van der Waals surface area contributed by atoms with Crippen molar-refractivity contribution in [1.29, 1.82) is 0 Å². The summed E-state index contributed by atoms with van der Waals surface area (Å²) in [5.74, 6) is -2.87. The average Bonchev–Trinajstić information content (AvgIpc) is 3.67. The number of hydrogen-bond donors (Lipinski definition) is 4. The molecule has 15 heteroatoms. The maximum absolute atomic E-state index is 14.3. The molecule has 15 nitrogen and oxygen atoms in total. The number of ether oxygens (including phenoxy) is 2. The summed E-state index contributed by atoms with van der Waals surface area (Å²) in [6.07, 6.45) is 1.80. The summed E-state index contributed by atoms with van der Waals surface area (Å²) in [4.78, 5) is 78.0. The monoisotopic (exact) mass is 803 g/mol. The van der Waals surface area contributed by atoms with Gasteiger partial charge in [0.25, 0.3) is 5.91 Å². The first-order valence-electron chi connectivity index (χ1n) is 20.7. The third-order valence-electron chi connectivity index (χ3n) is 11.7. The van der Waals surface area contributed by atoms with E-state index in [1.165, 1.54) is 19.1 Å². The highest BCUT2D eigenvalue weighted by Crippen LogP contribution is 2.30. The molecule has 0 saturated carbocycles. The number of likely N-dealkylation sites (tertiary alicyclic amines) is 1. The molecule has 1 aromatic rings. The van der Waals surface area contributed by atoms with E-state index in [4.69, 9.17) is 14.3 Å². The van der Waals surface area contributed by atoms with Gasteiger partial charge in [-0.3, -0.25) is 39.0 Å². The van der Waals surface area contributed by atoms with Crippen LogP contribution in [-0.4, -0.2) is 146 Å². The standard InChI is InChI=1S/C42H70N6O9/c1-11-27(4)37(46(8)36(26(2)3)41(53)45-40(52)35(43-7)29(6)49)33(55-9)25-34(50)47-21-17-20-32(47)38(56-10)28(5)39(51)44-31(24-30-18-13-12-14-19-30)42(54)48-22-15-16-23-57-48/h12-14,18-19,26-29,31-33,35-38,43,49H,11,15-17,20-25H2,1-10H3,(H,44,51)(H,45,52,53)/t27-,28+,29+,31-,32-,33+,35-,36-,37-,38+/m0/s1. The van der Waals surface area contributed by atoms with Gasteiger partial charge in [-0.05, 0) is 64.1 Å². The van der Waals surface area contributed by atoms with Gasteiger partial charge in [-0.1, -0.05) is 71.4 Å². The second-order valence-electron chi connectivity index (χ2n) is 16.1. The molecular weight excluding hydrogens is 732 g/mol. The molecule has 3 rings (SSSR count). The molecule has 0 aliphatic carbocycles. The Morgan fingerprint density at radius 1 is 0.947 bits per heavy atom. The lowest BCUT2D eigenvalue weighted by Crippen LogP contribution is -2.60. The van der Waals surface area contributed by atoms with Crippen molar-refractivity contribution in [2.45, 2.75) is 135 Å². The summed E-state index contributed by atoms with van der Waals surface area (Å²) in [6, 6.07) is 6.17. The molecule has 5 amide bonds. The molecule has 2 saturated heterocycles. The Morgan fingerprint density at radius 3 is 2.18 bits per heavy atom. The van der Waals surface area contributed by atoms with Gasteiger partial charge in [-0.25, -0.2) is 5.06 Å². The number of carbonyl (C=O) groups is 5. The predicted molar refractivity (Wildman–Crippen MR) is 216 cm³/mol. The van der Waals surface area contributed by atoms with E-state index in [1.807, 2.05) is 63.1 Å². The van der Waals surface area contributed by atoms with Crippen LogP contribution in [0.2, 0.25) is 0 Å². The molecule has 10 atom stereocenters. The summed E-state index contributed by atoms with van der Waals surface area (Å²) < 4.78 is 12.1. The van der Waals surface area contributed by atoms with Crippen molar-refractivity contribution < 1.29 is 43.4 Å². The summed E-state index contributed by atoms with van der Waals surface area (Å²) >= 11 is 0. The van der Waals surface area contributed by atoms with Crippen LogP contribution in [0.1, 0.15) is 85.6 Å². The summed E-state index contributed by atoms with van der Waals surface area (Å²) in [6.45, 7) is 12.5. The van der Waals surface area contributed by atoms with Crippen LogP contribution >= 0.6 is 0 Å². The number of likely N-dealkylation sites (N-methyl/N-ethyl adjacent to an activating group) is 2. The zero-order valence-electron chi connectivity index (χ0n) is 35.9. The minimum Gasteiger partial charge on any atom is -0.391 e. The quantitative estimate of drug-likeness (QED) is 0.143. The van der Waals surface area contributed by atoms with Crippen molar-refractivity contribution in [1.82, 2.24) is 30.8 Å². The van der Waals surface area contributed by atoms with Gasteiger partial charge in [0.1, 0.15) is 12.1 Å². The minimum atomic E-state index is -1.01. The van der Waals surface area contributed by atoms with Gasteiger partial charge in [0, 0.05) is 39.8 Å². The molecule has 57 heavy (non-hydrogen) atoms. The van der Waals surface area contributed by atoms with Gasteiger partial charge < -0.3 is 30.1 Å². The van der Waals surface area contributed by atoms with E-state index in [2.05, 4.69) is 22.9 Å². The van der Waals surface area contributed by atoms with E-state index in [0.29, 0.717) is 32.5 Å².